The summed E-state index contributed by atoms with van der Waals surface area (Å²) in [7, 11) is 3.34. The average molecular weight is 394 g/mol. The van der Waals surface area contributed by atoms with Crippen LogP contribution >= 0.6 is 15.9 Å². The summed E-state index contributed by atoms with van der Waals surface area (Å²) in [6.45, 7) is 1.83. The number of methoxy groups -OCH3 is 2. The third-order valence-electron chi connectivity index (χ3n) is 3.92. The Balaban J connectivity index is 1.60. The number of halogens is 1. The Kier molecular flexibility index (Phi) is 5.48. The van der Waals surface area contributed by atoms with Crippen LogP contribution in [0.4, 0.5) is 0 Å². The minimum atomic E-state index is 0.294. The van der Waals surface area contributed by atoms with Gasteiger partial charge in [-0.3, -0.25) is 0 Å². The lowest BCUT2D eigenvalue weighted by molar-refractivity contribution is 0.173. The number of para-hydroxylation sites is 1. The van der Waals surface area contributed by atoms with Crippen molar-refractivity contribution in [2.45, 2.75) is 13.0 Å². The Morgan fingerprint density at radius 1 is 1.08 bits per heavy atom. The van der Waals surface area contributed by atoms with E-state index in [1.807, 2.05) is 30.3 Å². The second-order valence-corrected chi connectivity index (χ2v) is 6.23. The molecule has 0 radical (unpaired) electrons. The van der Waals surface area contributed by atoms with Crippen molar-refractivity contribution in [3.05, 3.63) is 45.9 Å². The van der Waals surface area contributed by atoms with Crippen LogP contribution in [0.2, 0.25) is 0 Å². The standard InChI is InChI=1S/C18H20BrNO4/c1-21-16-9-14(19)17(22-2)8-12(16)6-7-20-10-13-4-3-5-15-18(13)24-11-23-15/h3-5,8-9,20H,6-7,10-11H2,1-2H3. The Bertz CT molecular complexity index is 720. The van der Waals surface area contributed by atoms with Crippen LogP contribution in [0, 0.1) is 0 Å². The van der Waals surface area contributed by atoms with Gasteiger partial charge in [-0.25, -0.2) is 0 Å². The van der Waals surface area contributed by atoms with E-state index >= 15 is 0 Å². The van der Waals surface area contributed by atoms with Crippen molar-refractivity contribution in [3.63, 3.8) is 0 Å². The minimum Gasteiger partial charge on any atom is -0.496 e. The van der Waals surface area contributed by atoms with Gasteiger partial charge in [0, 0.05) is 12.1 Å². The molecule has 0 fully saturated rings. The number of rotatable bonds is 7. The number of ether oxygens (including phenoxy) is 4. The largest absolute Gasteiger partial charge is 0.496 e. The van der Waals surface area contributed by atoms with E-state index in [1.54, 1.807) is 14.2 Å². The van der Waals surface area contributed by atoms with Gasteiger partial charge in [0.15, 0.2) is 11.5 Å². The molecule has 1 aliphatic heterocycles. The predicted octanol–water partition coefficient (Wildman–Crippen LogP) is 3.53. The summed E-state index contributed by atoms with van der Waals surface area (Å²) < 4.78 is 22.6. The first-order valence-corrected chi connectivity index (χ1v) is 8.51. The summed E-state index contributed by atoms with van der Waals surface area (Å²) >= 11 is 3.48. The highest BCUT2D eigenvalue weighted by molar-refractivity contribution is 9.10. The van der Waals surface area contributed by atoms with Gasteiger partial charge in [0.2, 0.25) is 6.79 Å². The van der Waals surface area contributed by atoms with Crippen LogP contribution in [0.5, 0.6) is 23.0 Å². The lowest BCUT2D eigenvalue weighted by Gasteiger charge is -2.13. The fourth-order valence-electron chi connectivity index (χ4n) is 2.70. The fourth-order valence-corrected chi connectivity index (χ4v) is 3.18. The van der Waals surface area contributed by atoms with E-state index in [1.165, 1.54) is 0 Å². The van der Waals surface area contributed by atoms with Crippen LogP contribution in [0.1, 0.15) is 11.1 Å². The van der Waals surface area contributed by atoms with Crippen molar-refractivity contribution in [3.8, 4) is 23.0 Å². The average Bonchev–Trinajstić information content (AvgIpc) is 3.08. The van der Waals surface area contributed by atoms with Gasteiger partial charge in [0.1, 0.15) is 11.5 Å². The molecule has 5 nitrogen and oxygen atoms in total. The van der Waals surface area contributed by atoms with E-state index in [0.29, 0.717) is 6.79 Å². The topological polar surface area (TPSA) is 49.0 Å². The Morgan fingerprint density at radius 2 is 1.92 bits per heavy atom. The smallest absolute Gasteiger partial charge is 0.231 e. The first-order valence-electron chi connectivity index (χ1n) is 7.71. The van der Waals surface area contributed by atoms with Crippen LogP contribution in [0.15, 0.2) is 34.8 Å². The highest BCUT2D eigenvalue weighted by Gasteiger charge is 2.16. The van der Waals surface area contributed by atoms with E-state index in [4.69, 9.17) is 18.9 Å². The van der Waals surface area contributed by atoms with Crippen LogP contribution in [-0.4, -0.2) is 27.6 Å². The molecule has 1 aliphatic rings. The van der Waals surface area contributed by atoms with Crippen molar-refractivity contribution in [1.29, 1.82) is 0 Å². The molecule has 0 atom stereocenters. The molecule has 0 spiro atoms. The first-order chi connectivity index (χ1) is 11.7. The maximum atomic E-state index is 5.52. The second kappa shape index (κ2) is 7.77. The number of benzene rings is 2. The van der Waals surface area contributed by atoms with Crippen LogP contribution < -0.4 is 24.3 Å². The summed E-state index contributed by atoms with van der Waals surface area (Å²) in [4.78, 5) is 0. The van der Waals surface area contributed by atoms with Gasteiger partial charge in [-0.2, -0.15) is 0 Å². The number of fused-ring (bicyclic) bond motifs is 1. The van der Waals surface area contributed by atoms with Gasteiger partial charge in [0.25, 0.3) is 0 Å². The maximum absolute atomic E-state index is 5.52. The number of hydrogen-bond acceptors (Lipinski definition) is 5. The van der Waals surface area contributed by atoms with Crippen LogP contribution in [0.25, 0.3) is 0 Å². The molecule has 0 saturated carbocycles. The lowest BCUT2D eigenvalue weighted by atomic mass is 10.1. The van der Waals surface area contributed by atoms with Crippen molar-refractivity contribution < 1.29 is 18.9 Å². The minimum absolute atomic E-state index is 0.294. The van der Waals surface area contributed by atoms with Crippen molar-refractivity contribution in [2.75, 3.05) is 27.6 Å². The zero-order chi connectivity index (χ0) is 16.9. The zero-order valence-electron chi connectivity index (χ0n) is 13.7. The molecular weight excluding hydrogens is 374 g/mol. The zero-order valence-corrected chi connectivity index (χ0v) is 15.3. The van der Waals surface area contributed by atoms with E-state index in [0.717, 1.165) is 58.1 Å². The van der Waals surface area contributed by atoms with Gasteiger partial charge in [0.05, 0.1) is 18.7 Å². The molecule has 24 heavy (non-hydrogen) atoms. The molecule has 0 saturated heterocycles. The van der Waals surface area contributed by atoms with Gasteiger partial charge < -0.3 is 24.3 Å². The fraction of sp³-hybridized carbons (Fsp3) is 0.333. The van der Waals surface area contributed by atoms with Crippen LogP contribution in [0.3, 0.4) is 0 Å². The number of hydrogen-bond donors (Lipinski definition) is 1. The van der Waals surface area contributed by atoms with E-state index in [-0.39, 0.29) is 0 Å². The summed E-state index contributed by atoms with van der Waals surface area (Å²) in [6, 6.07) is 9.88. The molecule has 6 heteroatoms. The maximum Gasteiger partial charge on any atom is 0.231 e. The normalized spacial score (nSPS) is 12.3. The van der Waals surface area contributed by atoms with Gasteiger partial charge in [-0.05, 0) is 52.7 Å². The highest BCUT2D eigenvalue weighted by atomic mass is 79.9. The Hall–Kier alpha value is -1.92. The van der Waals surface area contributed by atoms with Crippen molar-refractivity contribution >= 4 is 15.9 Å². The first kappa shape index (κ1) is 16.9. The van der Waals surface area contributed by atoms with Gasteiger partial charge in [-0.1, -0.05) is 12.1 Å². The van der Waals surface area contributed by atoms with Gasteiger partial charge in [-0.15, -0.1) is 0 Å². The third-order valence-corrected chi connectivity index (χ3v) is 4.54. The van der Waals surface area contributed by atoms with E-state index in [9.17, 15) is 0 Å². The summed E-state index contributed by atoms with van der Waals surface area (Å²) in [5.74, 6) is 3.31. The van der Waals surface area contributed by atoms with E-state index in [2.05, 4.69) is 21.2 Å². The third kappa shape index (κ3) is 3.60. The summed E-state index contributed by atoms with van der Waals surface area (Å²) in [6.07, 6.45) is 0.833. The number of nitrogens with one attached hydrogen (secondary N) is 1. The molecule has 0 amide bonds. The molecule has 2 aromatic rings. The predicted molar refractivity (Wildman–Crippen MR) is 95.2 cm³/mol. The highest BCUT2D eigenvalue weighted by Crippen LogP contribution is 2.35. The molecule has 1 heterocycles. The molecule has 128 valence electrons. The SMILES string of the molecule is COc1cc(CCNCc2cccc3c2OCO3)c(OC)cc1Br. The van der Waals surface area contributed by atoms with Crippen molar-refractivity contribution in [2.24, 2.45) is 0 Å². The van der Waals surface area contributed by atoms with Gasteiger partial charge >= 0.3 is 0 Å². The molecule has 2 aromatic carbocycles. The molecule has 0 aromatic heterocycles. The second-order valence-electron chi connectivity index (χ2n) is 5.38. The Morgan fingerprint density at radius 3 is 2.71 bits per heavy atom. The molecular formula is C18H20BrNO4. The molecule has 0 unspecified atom stereocenters. The van der Waals surface area contributed by atoms with Crippen LogP contribution in [-0.2, 0) is 13.0 Å². The quantitative estimate of drug-likeness (QED) is 0.729. The summed E-state index contributed by atoms with van der Waals surface area (Å²) in [5.41, 5.74) is 2.20. The lowest BCUT2D eigenvalue weighted by Crippen LogP contribution is -2.17. The molecule has 3 rings (SSSR count). The Labute approximate surface area is 150 Å². The molecule has 1 N–H and O–H groups in total. The monoisotopic (exact) mass is 393 g/mol. The summed E-state index contributed by atoms with van der Waals surface area (Å²) in [5, 5.41) is 3.44. The van der Waals surface area contributed by atoms with Crippen molar-refractivity contribution in [1.82, 2.24) is 5.32 Å². The van der Waals surface area contributed by atoms with E-state index < -0.39 is 0 Å². The molecule has 0 bridgehead atoms. The molecule has 0 aliphatic carbocycles.